The average molecular weight is 437 g/mol. The van der Waals surface area contributed by atoms with Gasteiger partial charge in [0.05, 0.1) is 36.2 Å². The summed E-state index contributed by atoms with van der Waals surface area (Å²) in [5, 5.41) is 23.0. The van der Waals surface area contributed by atoms with Crippen LogP contribution < -0.4 is 10.6 Å². The summed E-state index contributed by atoms with van der Waals surface area (Å²) in [5.41, 5.74) is 1.31. The van der Waals surface area contributed by atoms with Gasteiger partial charge in [0.15, 0.2) is 5.75 Å². The van der Waals surface area contributed by atoms with Gasteiger partial charge in [0, 0.05) is 5.56 Å². The second-order valence-electron chi connectivity index (χ2n) is 6.32. The van der Waals surface area contributed by atoms with Crippen LogP contribution in [-0.2, 0) is 24.2 Å². The van der Waals surface area contributed by atoms with Gasteiger partial charge in [-0.2, -0.15) is 29.4 Å². The molecule has 0 aliphatic rings. The van der Waals surface area contributed by atoms with Gasteiger partial charge in [-0.05, 0) is 31.0 Å². The van der Waals surface area contributed by atoms with Crippen LogP contribution in [0.5, 0.6) is 11.5 Å². The number of benzene rings is 1. The summed E-state index contributed by atoms with van der Waals surface area (Å²) in [4.78, 5) is 7.11. The molecule has 0 amide bonds. The molecular formula is C20H22F3N5O3. The summed E-state index contributed by atoms with van der Waals surface area (Å²) < 4.78 is 46.2. The van der Waals surface area contributed by atoms with Crippen LogP contribution in [0, 0.1) is 11.3 Å². The lowest BCUT2D eigenvalue weighted by molar-refractivity contribution is -0.0783. The number of aliphatic hydroxyl groups is 1. The molecule has 1 aromatic carbocycles. The Morgan fingerprint density at radius 3 is 2.55 bits per heavy atom. The van der Waals surface area contributed by atoms with E-state index in [-0.39, 0.29) is 35.7 Å². The first-order valence-corrected chi connectivity index (χ1v) is 9.32. The quantitative estimate of drug-likeness (QED) is 0.371. The Bertz CT molecular complexity index is 1020. The van der Waals surface area contributed by atoms with Gasteiger partial charge in [0.1, 0.15) is 11.4 Å². The van der Waals surface area contributed by atoms with Crippen molar-refractivity contribution in [1.29, 1.82) is 5.26 Å². The molecule has 0 saturated carbocycles. The fourth-order valence-corrected chi connectivity index (χ4v) is 2.86. The van der Waals surface area contributed by atoms with Gasteiger partial charge < -0.3 is 14.7 Å². The van der Waals surface area contributed by atoms with Crippen LogP contribution in [0.2, 0.25) is 0 Å². The summed E-state index contributed by atoms with van der Waals surface area (Å²) in [6.45, 7) is 7.48. The number of nitrogens with two attached hydrogens (primary N) is 1. The fourth-order valence-electron chi connectivity index (χ4n) is 2.86. The molecule has 0 fully saturated rings. The van der Waals surface area contributed by atoms with Gasteiger partial charge in [-0.1, -0.05) is 20.4 Å². The van der Waals surface area contributed by atoms with Gasteiger partial charge in [-0.3, -0.25) is 4.68 Å². The largest absolute Gasteiger partial charge is 0.470 e. The van der Waals surface area contributed by atoms with Crippen molar-refractivity contribution in [3.63, 3.8) is 0 Å². The zero-order chi connectivity index (χ0) is 23.2. The van der Waals surface area contributed by atoms with E-state index in [1.807, 2.05) is 19.9 Å². The highest BCUT2D eigenvalue weighted by molar-refractivity contribution is 5.87. The molecule has 166 valence electrons. The monoisotopic (exact) mass is 437 g/mol. The highest BCUT2D eigenvalue weighted by atomic mass is 19.4. The number of hydrogen-bond acceptors (Lipinski definition) is 7. The van der Waals surface area contributed by atoms with Gasteiger partial charge in [-0.25, -0.2) is 4.99 Å². The van der Waals surface area contributed by atoms with Crippen molar-refractivity contribution >= 4 is 11.6 Å². The van der Waals surface area contributed by atoms with Gasteiger partial charge in [0.2, 0.25) is 0 Å². The maximum absolute atomic E-state index is 12.9. The number of aromatic nitrogens is 2. The van der Waals surface area contributed by atoms with Crippen molar-refractivity contribution in [2.45, 2.75) is 39.4 Å². The third-order valence-electron chi connectivity index (χ3n) is 4.24. The number of ether oxygens (including phenoxy) is 1. The van der Waals surface area contributed by atoms with Crippen molar-refractivity contribution in [3.05, 3.63) is 47.3 Å². The average Bonchev–Trinajstić information content (AvgIpc) is 3.06. The van der Waals surface area contributed by atoms with E-state index in [2.05, 4.69) is 27.4 Å². The Balaban J connectivity index is 2.50. The molecule has 0 unspecified atom stereocenters. The molecule has 2 rings (SSSR count). The van der Waals surface area contributed by atoms with Gasteiger partial charge >= 0.3 is 12.1 Å². The molecule has 31 heavy (non-hydrogen) atoms. The van der Waals surface area contributed by atoms with Crippen molar-refractivity contribution in [2.75, 3.05) is 6.61 Å². The molecule has 1 aromatic heterocycles. The lowest BCUT2D eigenvalue weighted by Crippen LogP contribution is -2.28. The number of nitrogens with zero attached hydrogens (tertiary/aromatic N) is 4. The molecule has 0 radical (unpaired) electrons. The molecule has 11 heteroatoms. The van der Waals surface area contributed by atoms with E-state index >= 15 is 0 Å². The van der Waals surface area contributed by atoms with Crippen molar-refractivity contribution in [3.8, 4) is 17.6 Å². The van der Waals surface area contributed by atoms with Crippen LogP contribution in [-0.4, -0.2) is 33.6 Å². The van der Waals surface area contributed by atoms with E-state index in [1.54, 1.807) is 4.68 Å². The predicted octanol–water partition coefficient (Wildman–Crippen LogP) is 3.49. The second kappa shape index (κ2) is 10.1. The predicted molar refractivity (Wildman–Crippen MR) is 107 cm³/mol. The van der Waals surface area contributed by atoms with E-state index < -0.39 is 12.1 Å². The summed E-state index contributed by atoms with van der Waals surface area (Å²) in [6, 6.07) is 6.09. The number of rotatable bonds is 8. The molecule has 0 atom stereocenters. The highest BCUT2D eigenvalue weighted by Gasteiger charge is 2.38. The molecule has 0 saturated heterocycles. The van der Waals surface area contributed by atoms with Gasteiger partial charge in [-0.15, -0.1) is 0 Å². The lowest BCUT2D eigenvalue weighted by Gasteiger charge is -2.12. The lowest BCUT2D eigenvalue weighted by atomic mass is 10.1. The molecule has 0 aliphatic heterocycles. The maximum Gasteiger partial charge on any atom is 0.470 e. The van der Waals surface area contributed by atoms with Crippen molar-refractivity contribution < 1.29 is 27.9 Å². The topological polar surface area (TPSA) is 119 Å². The third kappa shape index (κ3) is 5.62. The number of halogens is 3. The Morgan fingerprint density at radius 2 is 2.03 bits per heavy atom. The summed E-state index contributed by atoms with van der Waals surface area (Å²) in [6.07, 6.45) is -3.80. The zero-order valence-electron chi connectivity index (χ0n) is 17.0. The summed E-state index contributed by atoms with van der Waals surface area (Å²) in [5.74, 6) is 3.66. The summed E-state index contributed by atoms with van der Waals surface area (Å²) in [7, 11) is 0. The van der Waals surface area contributed by atoms with E-state index in [4.69, 9.17) is 4.74 Å². The molecule has 8 nitrogen and oxygen atoms in total. The van der Waals surface area contributed by atoms with Crippen molar-refractivity contribution in [2.24, 2.45) is 10.9 Å². The minimum absolute atomic E-state index is 0.103. The van der Waals surface area contributed by atoms with Crippen LogP contribution in [0.15, 0.2) is 29.8 Å². The Hall–Kier alpha value is -3.36. The molecule has 0 aliphatic carbocycles. The highest BCUT2D eigenvalue weighted by Crippen LogP contribution is 2.33. The first-order valence-electron chi connectivity index (χ1n) is 9.32. The SMILES string of the molecule is C=C(/N=C(\ON)C(F)(F)F)c1cc(C#N)cc(Oc2c(CC)nn(CCO)c2CC)c1. The third-order valence-corrected chi connectivity index (χ3v) is 4.24. The maximum atomic E-state index is 12.9. The molecule has 0 spiro atoms. The second-order valence-corrected chi connectivity index (χ2v) is 6.32. The fraction of sp³-hybridized carbons (Fsp3) is 0.350. The van der Waals surface area contributed by atoms with E-state index in [9.17, 15) is 23.5 Å². The van der Waals surface area contributed by atoms with Crippen LogP contribution in [0.4, 0.5) is 13.2 Å². The molecule has 0 bridgehead atoms. The number of hydrogen-bond donors (Lipinski definition) is 2. The molecule has 3 N–H and O–H groups in total. The number of nitriles is 1. The zero-order valence-corrected chi connectivity index (χ0v) is 17.0. The minimum atomic E-state index is -4.91. The number of aliphatic hydroxyl groups excluding tert-OH is 1. The minimum Gasteiger partial charge on any atom is -0.453 e. The van der Waals surface area contributed by atoms with E-state index in [1.165, 1.54) is 18.2 Å². The van der Waals surface area contributed by atoms with E-state index in [0.717, 1.165) is 5.69 Å². The first-order chi connectivity index (χ1) is 14.7. The van der Waals surface area contributed by atoms with Crippen molar-refractivity contribution in [1.82, 2.24) is 9.78 Å². The van der Waals surface area contributed by atoms with Crippen LogP contribution in [0.1, 0.15) is 36.4 Å². The van der Waals surface area contributed by atoms with Crippen LogP contribution in [0.25, 0.3) is 5.70 Å². The Morgan fingerprint density at radius 1 is 1.32 bits per heavy atom. The number of aliphatic imine (C=N–C) groups is 1. The van der Waals surface area contributed by atoms with Crippen LogP contribution >= 0.6 is 0 Å². The molecular weight excluding hydrogens is 415 g/mol. The standard InChI is InChI=1S/C20H22F3N5O3/c1-4-16-18(17(5-2)28(27-16)6-7-29)30-15-9-13(11-24)8-14(10-15)12(3)26-19(31-25)20(21,22)23/h8-10,29H,3-7,25H2,1-2H3/b26-19-. The van der Waals surface area contributed by atoms with Crippen LogP contribution in [0.3, 0.4) is 0 Å². The number of alkyl halides is 3. The van der Waals surface area contributed by atoms with E-state index in [0.29, 0.717) is 24.3 Å². The molecule has 1 heterocycles. The first kappa shape index (κ1) is 23.9. The Kier molecular flexibility index (Phi) is 7.79. The molecule has 2 aromatic rings. The normalized spacial score (nSPS) is 11.9. The van der Waals surface area contributed by atoms with Gasteiger partial charge in [0.25, 0.3) is 0 Å². The summed E-state index contributed by atoms with van der Waals surface area (Å²) >= 11 is 0. The number of aryl methyl sites for hydroxylation is 1. The smallest absolute Gasteiger partial charge is 0.453 e. The Labute approximate surface area is 177 Å².